The van der Waals surface area contributed by atoms with E-state index in [0.29, 0.717) is 0 Å². The Morgan fingerprint density at radius 3 is 2.43 bits per heavy atom. The van der Waals surface area contributed by atoms with E-state index in [2.05, 4.69) is 15.5 Å². The summed E-state index contributed by atoms with van der Waals surface area (Å²) in [6, 6.07) is 7.53. The van der Waals surface area contributed by atoms with Crippen molar-refractivity contribution in [1.29, 1.82) is 0 Å². The Morgan fingerprint density at radius 2 is 1.95 bits per heavy atom. The van der Waals surface area contributed by atoms with Crippen LogP contribution in [0.25, 0.3) is 0 Å². The zero-order valence-electron chi connectivity index (χ0n) is 11.6. The molecule has 0 bridgehead atoms. The van der Waals surface area contributed by atoms with E-state index in [-0.39, 0.29) is 28.4 Å². The Bertz CT molecular complexity index is 750. The number of nitrogen functional groups attached to an aromatic ring is 1. The molecular weight excluding hydrogens is 292 g/mol. The summed E-state index contributed by atoms with van der Waals surface area (Å²) in [6.07, 6.45) is 1.15. The molecule has 0 spiro atoms. The van der Waals surface area contributed by atoms with Gasteiger partial charge in [0.15, 0.2) is 9.84 Å². The SMILES string of the molecule is CC(NC(=O)c1cc(N)n[nH]1)c1ccc(S(C)(=O)=O)cc1. The summed E-state index contributed by atoms with van der Waals surface area (Å²) in [7, 11) is -3.22. The van der Waals surface area contributed by atoms with Gasteiger partial charge in [0, 0.05) is 12.3 Å². The van der Waals surface area contributed by atoms with Gasteiger partial charge in [-0.25, -0.2) is 8.42 Å². The first-order chi connectivity index (χ1) is 9.77. The van der Waals surface area contributed by atoms with Crippen molar-refractivity contribution < 1.29 is 13.2 Å². The van der Waals surface area contributed by atoms with Gasteiger partial charge in [0.25, 0.3) is 5.91 Å². The molecule has 0 fully saturated rings. The summed E-state index contributed by atoms with van der Waals surface area (Å²) in [4.78, 5) is 12.2. The topological polar surface area (TPSA) is 118 Å². The van der Waals surface area contributed by atoms with Crippen LogP contribution in [-0.4, -0.2) is 30.8 Å². The van der Waals surface area contributed by atoms with Gasteiger partial charge in [-0.3, -0.25) is 9.89 Å². The molecular formula is C13H16N4O3S. The summed E-state index contributed by atoms with van der Waals surface area (Å²) in [5, 5.41) is 8.98. The van der Waals surface area contributed by atoms with Gasteiger partial charge in [-0.05, 0) is 24.6 Å². The second-order valence-electron chi connectivity index (χ2n) is 4.74. The van der Waals surface area contributed by atoms with Crippen molar-refractivity contribution in [2.75, 3.05) is 12.0 Å². The number of rotatable bonds is 4. The second-order valence-corrected chi connectivity index (χ2v) is 6.76. The summed E-state index contributed by atoms with van der Waals surface area (Å²) >= 11 is 0. The third-order valence-corrected chi connectivity index (χ3v) is 4.13. The van der Waals surface area contributed by atoms with Crippen LogP contribution < -0.4 is 11.1 Å². The van der Waals surface area contributed by atoms with Crippen molar-refractivity contribution in [3.05, 3.63) is 41.6 Å². The largest absolute Gasteiger partial charge is 0.382 e. The number of aromatic nitrogens is 2. The molecule has 1 heterocycles. The van der Waals surface area contributed by atoms with E-state index in [4.69, 9.17) is 5.73 Å². The van der Waals surface area contributed by atoms with Gasteiger partial charge >= 0.3 is 0 Å². The van der Waals surface area contributed by atoms with Gasteiger partial charge in [0.05, 0.1) is 10.9 Å². The van der Waals surface area contributed by atoms with Crippen LogP contribution in [0.2, 0.25) is 0 Å². The molecule has 112 valence electrons. The number of carbonyl (C=O) groups excluding carboxylic acids is 1. The molecule has 21 heavy (non-hydrogen) atoms. The van der Waals surface area contributed by atoms with Crippen LogP contribution in [0.5, 0.6) is 0 Å². The van der Waals surface area contributed by atoms with Gasteiger partial charge in [-0.15, -0.1) is 0 Å². The van der Waals surface area contributed by atoms with Crippen molar-refractivity contribution in [2.45, 2.75) is 17.9 Å². The highest BCUT2D eigenvalue weighted by Gasteiger charge is 2.14. The molecule has 1 atom stereocenters. The minimum absolute atomic E-state index is 0.241. The fraction of sp³-hybridized carbons (Fsp3) is 0.231. The lowest BCUT2D eigenvalue weighted by atomic mass is 10.1. The highest BCUT2D eigenvalue weighted by atomic mass is 32.2. The number of benzene rings is 1. The molecule has 8 heteroatoms. The monoisotopic (exact) mass is 308 g/mol. The van der Waals surface area contributed by atoms with Crippen LogP contribution in [0.1, 0.15) is 29.0 Å². The molecule has 0 aliphatic heterocycles. The predicted octanol–water partition coefficient (Wildman–Crippen LogP) is 0.886. The number of aromatic amines is 1. The summed E-state index contributed by atoms with van der Waals surface area (Å²) in [6.45, 7) is 1.80. The van der Waals surface area contributed by atoms with Crippen molar-refractivity contribution in [3.8, 4) is 0 Å². The maximum atomic E-state index is 11.9. The number of nitrogens with one attached hydrogen (secondary N) is 2. The molecule has 1 amide bonds. The molecule has 0 radical (unpaired) electrons. The Kier molecular flexibility index (Phi) is 3.99. The van der Waals surface area contributed by atoms with Gasteiger partial charge in [-0.2, -0.15) is 5.10 Å². The van der Waals surface area contributed by atoms with Crippen molar-refractivity contribution in [3.63, 3.8) is 0 Å². The smallest absolute Gasteiger partial charge is 0.269 e. The van der Waals surface area contributed by atoms with Crippen LogP contribution >= 0.6 is 0 Å². The first-order valence-corrected chi connectivity index (χ1v) is 8.08. The Labute approximate surface area is 122 Å². The molecule has 1 aromatic heterocycles. The zero-order chi connectivity index (χ0) is 15.6. The number of hydrogen-bond acceptors (Lipinski definition) is 5. The lowest BCUT2D eigenvalue weighted by Crippen LogP contribution is -2.27. The summed E-state index contributed by atoms with van der Waals surface area (Å²) in [5.41, 5.74) is 6.50. The first-order valence-electron chi connectivity index (χ1n) is 6.19. The van der Waals surface area contributed by atoms with E-state index >= 15 is 0 Å². The minimum atomic E-state index is -3.22. The van der Waals surface area contributed by atoms with E-state index in [9.17, 15) is 13.2 Å². The number of H-pyrrole nitrogens is 1. The predicted molar refractivity (Wildman–Crippen MR) is 78.4 cm³/mol. The maximum absolute atomic E-state index is 11.9. The number of hydrogen-bond donors (Lipinski definition) is 3. The van der Waals surface area contributed by atoms with Crippen LogP contribution in [0.4, 0.5) is 5.82 Å². The molecule has 1 aromatic carbocycles. The minimum Gasteiger partial charge on any atom is -0.382 e. The van der Waals surface area contributed by atoms with Gasteiger partial charge in [-0.1, -0.05) is 12.1 Å². The number of sulfone groups is 1. The van der Waals surface area contributed by atoms with Gasteiger partial charge in [0.1, 0.15) is 11.5 Å². The molecule has 0 saturated heterocycles. The fourth-order valence-electron chi connectivity index (χ4n) is 1.81. The number of carbonyl (C=O) groups is 1. The summed E-state index contributed by atoms with van der Waals surface area (Å²) < 4.78 is 22.8. The quantitative estimate of drug-likeness (QED) is 0.775. The summed E-state index contributed by atoms with van der Waals surface area (Å²) in [5.74, 6) is -0.0933. The van der Waals surface area contributed by atoms with E-state index in [0.717, 1.165) is 11.8 Å². The molecule has 2 aromatic rings. The number of nitrogens with two attached hydrogens (primary N) is 1. The Hall–Kier alpha value is -2.35. The van der Waals surface area contributed by atoms with Crippen molar-refractivity contribution in [2.24, 2.45) is 0 Å². The highest BCUT2D eigenvalue weighted by Crippen LogP contribution is 2.16. The Balaban J connectivity index is 2.10. The molecule has 4 N–H and O–H groups in total. The Morgan fingerprint density at radius 1 is 1.33 bits per heavy atom. The highest BCUT2D eigenvalue weighted by molar-refractivity contribution is 7.90. The lowest BCUT2D eigenvalue weighted by molar-refractivity contribution is 0.0935. The number of anilines is 1. The van der Waals surface area contributed by atoms with Crippen LogP contribution in [0.3, 0.4) is 0 Å². The number of nitrogens with zero attached hydrogens (tertiary/aromatic N) is 1. The van der Waals surface area contributed by atoms with E-state index in [1.54, 1.807) is 19.1 Å². The lowest BCUT2D eigenvalue weighted by Gasteiger charge is -2.14. The van der Waals surface area contributed by atoms with Gasteiger partial charge < -0.3 is 11.1 Å². The molecule has 0 aliphatic carbocycles. The first kappa shape index (κ1) is 15.0. The second kappa shape index (κ2) is 5.57. The standard InChI is InChI=1S/C13H16N4O3S/c1-8(15-13(18)11-7-12(14)17-16-11)9-3-5-10(6-4-9)21(2,19)20/h3-8H,1-2H3,(H,15,18)(H3,14,16,17). The van der Waals surface area contributed by atoms with E-state index in [1.807, 2.05) is 0 Å². The molecule has 7 nitrogen and oxygen atoms in total. The normalized spacial score (nSPS) is 12.9. The van der Waals surface area contributed by atoms with E-state index in [1.165, 1.54) is 18.2 Å². The average molecular weight is 308 g/mol. The van der Waals surface area contributed by atoms with Crippen molar-refractivity contribution in [1.82, 2.24) is 15.5 Å². The maximum Gasteiger partial charge on any atom is 0.269 e. The van der Waals surface area contributed by atoms with E-state index < -0.39 is 9.84 Å². The molecule has 0 saturated carbocycles. The molecule has 0 aliphatic rings. The average Bonchev–Trinajstić information content (AvgIpc) is 2.84. The van der Waals surface area contributed by atoms with Gasteiger partial charge in [0.2, 0.25) is 0 Å². The van der Waals surface area contributed by atoms with Crippen molar-refractivity contribution >= 4 is 21.6 Å². The fourth-order valence-corrected chi connectivity index (χ4v) is 2.45. The third-order valence-electron chi connectivity index (χ3n) is 3.00. The molecule has 2 rings (SSSR count). The number of amides is 1. The van der Waals surface area contributed by atoms with Crippen LogP contribution in [0.15, 0.2) is 35.2 Å². The van der Waals surface area contributed by atoms with Crippen LogP contribution in [0, 0.1) is 0 Å². The third kappa shape index (κ3) is 3.60. The zero-order valence-corrected chi connectivity index (χ0v) is 12.4. The van der Waals surface area contributed by atoms with Crippen LogP contribution in [-0.2, 0) is 9.84 Å². The molecule has 1 unspecified atom stereocenters.